The Morgan fingerprint density at radius 3 is 2.62 bits per heavy atom. The zero-order valence-corrected chi connectivity index (χ0v) is 14.3. The van der Waals surface area contributed by atoms with E-state index in [1.807, 2.05) is 48.5 Å². The van der Waals surface area contributed by atoms with Crippen LogP contribution in [-0.2, 0) is 0 Å². The molecule has 4 rings (SSSR count). The maximum absolute atomic E-state index is 12.5. The van der Waals surface area contributed by atoms with Gasteiger partial charge in [-0.3, -0.25) is 4.98 Å². The highest BCUT2D eigenvalue weighted by molar-refractivity contribution is 9.10. The molecule has 0 radical (unpaired) electrons. The highest BCUT2D eigenvalue weighted by atomic mass is 79.9. The van der Waals surface area contributed by atoms with Crippen molar-refractivity contribution in [2.45, 2.75) is 0 Å². The van der Waals surface area contributed by atoms with Crippen LogP contribution in [0.1, 0.15) is 0 Å². The summed E-state index contributed by atoms with van der Waals surface area (Å²) in [6.45, 7) is 0. The summed E-state index contributed by atoms with van der Waals surface area (Å²) < 4.78 is 11.7. The Balaban J connectivity index is 1.97. The molecule has 5 heteroatoms. The van der Waals surface area contributed by atoms with Gasteiger partial charge in [-0.05, 0) is 42.0 Å². The maximum Gasteiger partial charge on any atom is 0.344 e. The van der Waals surface area contributed by atoms with Gasteiger partial charge in [0.1, 0.15) is 11.3 Å². The number of hydrogen-bond acceptors (Lipinski definition) is 4. The fourth-order valence-electron chi connectivity index (χ4n) is 2.71. The number of ether oxygens (including phenoxy) is 1. The number of benzene rings is 2. The fourth-order valence-corrected chi connectivity index (χ4v) is 3.07. The Kier molecular flexibility index (Phi) is 3.58. The molecule has 0 aliphatic rings. The van der Waals surface area contributed by atoms with E-state index in [2.05, 4.69) is 20.9 Å². The third kappa shape index (κ3) is 2.47. The van der Waals surface area contributed by atoms with Gasteiger partial charge in [0.2, 0.25) is 0 Å². The van der Waals surface area contributed by atoms with Crippen LogP contribution in [0.2, 0.25) is 0 Å². The second-order valence-corrected chi connectivity index (χ2v) is 6.30. The number of fused-ring (bicyclic) bond motifs is 3. The lowest BCUT2D eigenvalue weighted by Crippen LogP contribution is -2.03. The van der Waals surface area contributed by atoms with Crippen molar-refractivity contribution < 1.29 is 9.15 Å². The second kappa shape index (κ2) is 5.76. The highest BCUT2D eigenvalue weighted by Gasteiger charge is 2.11. The normalized spacial score (nSPS) is 11.1. The zero-order chi connectivity index (χ0) is 16.7. The van der Waals surface area contributed by atoms with Gasteiger partial charge in [-0.1, -0.05) is 28.1 Å². The van der Waals surface area contributed by atoms with E-state index in [1.54, 1.807) is 13.3 Å². The topological polar surface area (TPSA) is 52.3 Å². The van der Waals surface area contributed by atoms with Gasteiger partial charge in [0.05, 0.1) is 18.2 Å². The van der Waals surface area contributed by atoms with Crippen LogP contribution < -0.4 is 10.4 Å². The number of pyridine rings is 1. The Bertz CT molecular complexity index is 1120. The minimum Gasteiger partial charge on any atom is -0.497 e. The van der Waals surface area contributed by atoms with Crippen LogP contribution in [0.25, 0.3) is 33.0 Å². The SMILES string of the molecule is COc1ccc(-c2cc3cnc4ccc(Br)cc4c3oc2=O)cc1. The molecule has 0 fully saturated rings. The van der Waals surface area contributed by atoms with Gasteiger partial charge < -0.3 is 9.15 Å². The lowest BCUT2D eigenvalue weighted by atomic mass is 10.1. The van der Waals surface area contributed by atoms with Gasteiger partial charge in [0.15, 0.2) is 0 Å². The largest absolute Gasteiger partial charge is 0.497 e. The summed E-state index contributed by atoms with van der Waals surface area (Å²) in [5, 5.41) is 1.59. The van der Waals surface area contributed by atoms with E-state index in [-0.39, 0.29) is 5.63 Å². The molecule has 4 aromatic rings. The first-order valence-corrected chi connectivity index (χ1v) is 8.11. The van der Waals surface area contributed by atoms with Gasteiger partial charge >= 0.3 is 5.63 Å². The first-order chi connectivity index (χ1) is 11.7. The van der Waals surface area contributed by atoms with Crippen LogP contribution in [0.5, 0.6) is 5.75 Å². The maximum atomic E-state index is 12.5. The van der Waals surface area contributed by atoms with Crippen molar-refractivity contribution in [3.8, 4) is 16.9 Å². The molecule has 2 aromatic carbocycles. The molecule has 2 heterocycles. The molecule has 0 atom stereocenters. The summed E-state index contributed by atoms with van der Waals surface area (Å²) in [6, 6.07) is 14.8. The van der Waals surface area contributed by atoms with Crippen molar-refractivity contribution in [3.05, 3.63) is 69.6 Å². The molecule has 118 valence electrons. The monoisotopic (exact) mass is 381 g/mol. The highest BCUT2D eigenvalue weighted by Crippen LogP contribution is 2.28. The summed E-state index contributed by atoms with van der Waals surface area (Å²) >= 11 is 3.44. The number of nitrogens with zero attached hydrogens (tertiary/aromatic N) is 1. The molecule has 0 aliphatic carbocycles. The number of hydrogen-bond donors (Lipinski definition) is 0. The third-order valence-corrected chi connectivity index (χ3v) is 4.42. The number of methoxy groups -OCH3 is 1. The standard InChI is InChI=1S/C19H12BrNO3/c1-23-14-5-2-11(3-6-14)15-8-12-10-21-17-7-4-13(20)9-16(17)18(12)24-19(15)22/h2-10H,1H3. The summed E-state index contributed by atoms with van der Waals surface area (Å²) in [5.41, 5.74) is 2.23. The number of rotatable bonds is 2. The predicted octanol–water partition coefficient (Wildman–Crippen LogP) is 4.78. The molecule has 0 N–H and O–H groups in total. The van der Waals surface area contributed by atoms with Gasteiger partial charge in [0.25, 0.3) is 0 Å². The van der Waals surface area contributed by atoms with Gasteiger partial charge in [-0.15, -0.1) is 0 Å². The molecule has 24 heavy (non-hydrogen) atoms. The molecule has 0 saturated heterocycles. The lowest BCUT2D eigenvalue weighted by Gasteiger charge is -2.06. The van der Waals surface area contributed by atoms with Crippen LogP contribution in [0.4, 0.5) is 0 Å². The number of aromatic nitrogens is 1. The summed E-state index contributed by atoms with van der Waals surface area (Å²) in [4.78, 5) is 16.9. The molecule has 0 spiro atoms. The molecule has 0 saturated carbocycles. The summed E-state index contributed by atoms with van der Waals surface area (Å²) in [6.07, 6.45) is 1.72. The Hall–Kier alpha value is -2.66. The molecule has 4 nitrogen and oxygen atoms in total. The van der Waals surface area contributed by atoms with E-state index in [9.17, 15) is 4.79 Å². The minimum atomic E-state index is -0.375. The molecular formula is C19H12BrNO3. The molecule has 0 bridgehead atoms. The van der Waals surface area contributed by atoms with E-state index in [0.29, 0.717) is 11.1 Å². The van der Waals surface area contributed by atoms with Crippen LogP contribution >= 0.6 is 15.9 Å². The summed E-state index contributed by atoms with van der Waals surface area (Å²) in [5.74, 6) is 0.737. The van der Waals surface area contributed by atoms with Gasteiger partial charge in [-0.2, -0.15) is 0 Å². The van der Waals surface area contributed by atoms with Gasteiger partial charge in [0, 0.05) is 21.4 Å². The van der Waals surface area contributed by atoms with Gasteiger partial charge in [-0.25, -0.2) is 4.79 Å². The Morgan fingerprint density at radius 2 is 1.88 bits per heavy atom. The molecular weight excluding hydrogens is 370 g/mol. The second-order valence-electron chi connectivity index (χ2n) is 5.38. The first kappa shape index (κ1) is 14.9. The molecule has 2 aromatic heterocycles. The average Bonchev–Trinajstić information content (AvgIpc) is 2.61. The smallest absolute Gasteiger partial charge is 0.344 e. The van der Waals surface area contributed by atoms with Crippen molar-refractivity contribution in [1.82, 2.24) is 4.98 Å². The summed E-state index contributed by atoms with van der Waals surface area (Å²) in [7, 11) is 1.61. The van der Waals surface area contributed by atoms with Crippen LogP contribution in [0.3, 0.4) is 0 Å². The minimum absolute atomic E-state index is 0.375. The lowest BCUT2D eigenvalue weighted by molar-refractivity contribution is 0.415. The van der Waals surface area contributed by atoms with Crippen LogP contribution in [-0.4, -0.2) is 12.1 Å². The Morgan fingerprint density at radius 1 is 1.08 bits per heavy atom. The molecule has 0 unspecified atom stereocenters. The van der Waals surface area contributed by atoms with E-state index in [0.717, 1.165) is 32.1 Å². The fraction of sp³-hybridized carbons (Fsp3) is 0.0526. The van der Waals surface area contributed by atoms with Crippen molar-refractivity contribution in [3.63, 3.8) is 0 Å². The zero-order valence-electron chi connectivity index (χ0n) is 12.7. The van der Waals surface area contributed by atoms with Crippen LogP contribution in [0.15, 0.2) is 68.4 Å². The van der Waals surface area contributed by atoms with E-state index >= 15 is 0 Å². The molecule has 0 amide bonds. The average molecular weight is 382 g/mol. The number of halogens is 1. The van der Waals surface area contributed by atoms with Crippen molar-refractivity contribution in [2.24, 2.45) is 0 Å². The van der Waals surface area contributed by atoms with Crippen molar-refractivity contribution in [2.75, 3.05) is 7.11 Å². The van der Waals surface area contributed by atoms with E-state index in [4.69, 9.17) is 9.15 Å². The van der Waals surface area contributed by atoms with E-state index < -0.39 is 0 Å². The van der Waals surface area contributed by atoms with Crippen molar-refractivity contribution >= 4 is 37.8 Å². The van der Waals surface area contributed by atoms with E-state index in [1.165, 1.54) is 0 Å². The first-order valence-electron chi connectivity index (χ1n) is 7.32. The molecule has 0 aliphatic heterocycles. The third-order valence-electron chi connectivity index (χ3n) is 3.92. The quantitative estimate of drug-likeness (QED) is 0.469. The van der Waals surface area contributed by atoms with Crippen molar-refractivity contribution in [1.29, 1.82) is 0 Å². The predicted molar refractivity (Wildman–Crippen MR) is 97.5 cm³/mol. The Labute approximate surface area is 145 Å². The van der Waals surface area contributed by atoms with Crippen LogP contribution in [0, 0.1) is 0 Å².